The van der Waals surface area contributed by atoms with Crippen LogP contribution < -0.4 is 10.2 Å². The molecule has 30 heavy (non-hydrogen) atoms. The van der Waals surface area contributed by atoms with Crippen molar-refractivity contribution in [1.29, 1.82) is 0 Å². The van der Waals surface area contributed by atoms with Gasteiger partial charge in [0.15, 0.2) is 0 Å². The summed E-state index contributed by atoms with van der Waals surface area (Å²) in [5.41, 5.74) is 7.63. The maximum absolute atomic E-state index is 5.88. The number of allylic oxidation sites excluding steroid dienone is 1. The minimum absolute atomic E-state index is 0.869. The number of piperidine rings is 1. The molecule has 1 fully saturated rings. The molecule has 0 aromatic heterocycles. The first kappa shape index (κ1) is 20.7. The second-order valence-electron chi connectivity index (χ2n) is 8.35. The van der Waals surface area contributed by atoms with Crippen LogP contribution >= 0.6 is 12.2 Å². The normalized spacial score (nSPS) is 18.1. The van der Waals surface area contributed by atoms with Gasteiger partial charge in [0.25, 0.3) is 0 Å². The maximum atomic E-state index is 5.88. The summed E-state index contributed by atoms with van der Waals surface area (Å²) in [5, 5.41) is 3.47. The molecule has 2 aromatic carbocycles. The number of hydrogen-bond acceptors (Lipinski definition) is 3. The fourth-order valence-electron chi connectivity index (χ4n) is 4.36. The number of hydrogen-bond donors (Lipinski definition) is 1. The third kappa shape index (κ3) is 4.76. The summed E-state index contributed by atoms with van der Waals surface area (Å²) < 4.78 is 0. The quantitative estimate of drug-likeness (QED) is 0.591. The first-order valence-electron chi connectivity index (χ1n) is 10.9. The molecular weight excluding hydrogens is 386 g/mol. The Balaban J connectivity index is 1.65. The van der Waals surface area contributed by atoms with E-state index < -0.39 is 0 Å². The zero-order valence-electron chi connectivity index (χ0n) is 18.0. The summed E-state index contributed by atoms with van der Waals surface area (Å²) in [6, 6.07) is 19.1. The first-order chi connectivity index (χ1) is 14.6. The molecule has 0 bridgehead atoms. The molecule has 4 heteroatoms. The van der Waals surface area contributed by atoms with Gasteiger partial charge in [0.2, 0.25) is 0 Å². The molecule has 0 saturated carbocycles. The molecule has 1 saturated heterocycles. The highest BCUT2D eigenvalue weighted by molar-refractivity contribution is 7.81. The van der Waals surface area contributed by atoms with E-state index in [1.54, 1.807) is 0 Å². The molecule has 0 unspecified atom stereocenters. The van der Waals surface area contributed by atoms with Crippen molar-refractivity contribution in [3.8, 4) is 0 Å². The van der Waals surface area contributed by atoms with Gasteiger partial charge < -0.3 is 15.1 Å². The van der Waals surface area contributed by atoms with E-state index in [-0.39, 0.29) is 0 Å². The van der Waals surface area contributed by atoms with E-state index in [0.717, 1.165) is 36.6 Å². The molecule has 1 heterocycles. The van der Waals surface area contributed by atoms with Crippen LogP contribution in [0.2, 0.25) is 0 Å². The average Bonchev–Trinajstić information content (AvgIpc) is 3.19. The SMILES string of the molecule is CN(C)c1ccc(/C=C2\CCC(C(=S)Nc3ccccc3)=C2N2CCCCC2)cc1. The molecule has 0 spiro atoms. The predicted molar refractivity (Wildman–Crippen MR) is 133 cm³/mol. The van der Waals surface area contributed by atoms with Crippen LogP contribution in [-0.4, -0.2) is 37.1 Å². The topological polar surface area (TPSA) is 18.5 Å². The molecular formula is C26H31N3S. The van der Waals surface area contributed by atoms with Crippen molar-refractivity contribution in [2.75, 3.05) is 37.4 Å². The van der Waals surface area contributed by atoms with Crippen molar-refractivity contribution in [3.05, 3.63) is 77.0 Å². The van der Waals surface area contributed by atoms with Crippen LogP contribution in [0.1, 0.15) is 37.7 Å². The zero-order chi connectivity index (χ0) is 20.9. The van der Waals surface area contributed by atoms with E-state index in [4.69, 9.17) is 12.2 Å². The second-order valence-corrected chi connectivity index (χ2v) is 8.76. The van der Waals surface area contributed by atoms with Crippen LogP contribution in [0.5, 0.6) is 0 Å². The van der Waals surface area contributed by atoms with Crippen LogP contribution in [0.4, 0.5) is 11.4 Å². The molecule has 2 aliphatic rings. The van der Waals surface area contributed by atoms with Crippen LogP contribution in [0.15, 0.2) is 71.4 Å². The van der Waals surface area contributed by atoms with Gasteiger partial charge in [0.05, 0.1) is 0 Å². The van der Waals surface area contributed by atoms with Gasteiger partial charge in [-0.2, -0.15) is 0 Å². The number of benzene rings is 2. The van der Waals surface area contributed by atoms with E-state index >= 15 is 0 Å². The van der Waals surface area contributed by atoms with Gasteiger partial charge in [-0.25, -0.2) is 0 Å². The van der Waals surface area contributed by atoms with Gasteiger partial charge in [0.1, 0.15) is 4.99 Å². The van der Waals surface area contributed by atoms with Crippen molar-refractivity contribution in [1.82, 2.24) is 4.90 Å². The van der Waals surface area contributed by atoms with Gasteiger partial charge in [-0.05, 0) is 73.6 Å². The average molecular weight is 418 g/mol. The van der Waals surface area contributed by atoms with Gasteiger partial charge in [-0.1, -0.05) is 42.5 Å². The lowest BCUT2D eigenvalue weighted by Gasteiger charge is -2.32. The molecule has 4 rings (SSSR count). The lowest BCUT2D eigenvalue weighted by molar-refractivity contribution is 0.290. The standard InChI is InChI=1S/C26H31N3S/c1-28(2)23-14-11-20(12-15-23)19-21-13-16-24(25(21)29-17-7-4-8-18-29)26(30)27-22-9-5-3-6-10-22/h3,5-6,9-12,14-15,19H,4,7-8,13,16-18H2,1-2H3,(H,27,30)/b21-19+. The summed E-state index contributed by atoms with van der Waals surface area (Å²) in [5.74, 6) is 0. The second kappa shape index (κ2) is 9.48. The fraction of sp³-hybridized carbons (Fsp3) is 0.346. The van der Waals surface area contributed by atoms with Gasteiger partial charge in [-0.15, -0.1) is 0 Å². The number of nitrogens with one attached hydrogen (secondary N) is 1. The number of nitrogens with zero attached hydrogens (tertiary/aromatic N) is 2. The highest BCUT2D eigenvalue weighted by atomic mass is 32.1. The first-order valence-corrected chi connectivity index (χ1v) is 11.4. The smallest absolute Gasteiger partial charge is 0.108 e. The Morgan fingerprint density at radius 3 is 2.30 bits per heavy atom. The molecule has 1 aliphatic carbocycles. The summed E-state index contributed by atoms with van der Waals surface area (Å²) in [6.45, 7) is 2.26. The summed E-state index contributed by atoms with van der Waals surface area (Å²) in [6.07, 6.45) is 8.28. The highest BCUT2D eigenvalue weighted by Crippen LogP contribution is 2.37. The van der Waals surface area contributed by atoms with Gasteiger partial charge >= 0.3 is 0 Å². The minimum atomic E-state index is 0.869. The van der Waals surface area contributed by atoms with Crippen LogP contribution in [-0.2, 0) is 0 Å². The lowest BCUT2D eigenvalue weighted by atomic mass is 10.0. The van der Waals surface area contributed by atoms with E-state index in [0.29, 0.717) is 0 Å². The van der Waals surface area contributed by atoms with E-state index in [1.807, 2.05) is 18.2 Å². The number of para-hydroxylation sites is 1. The van der Waals surface area contributed by atoms with Crippen LogP contribution in [0.3, 0.4) is 0 Å². The number of rotatable bonds is 5. The zero-order valence-corrected chi connectivity index (χ0v) is 18.8. The molecule has 2 aromatic rings. The lowest BCUT2D eigenvalue weighted by Crippen LogP contribution is -2.31. The molecule has 156 valence electrons. The minimum Gasteiger partial charge on any atom is -0.378 e. The van der Waals surface area contributed by atoms with E-state index in [2.05, 4.69) is 71.7 Å². The van der Waals surface area contributed by atoms with Crippen LogP contribution in [0.25, 0.3) is 6.08 Å². The maximum Gasteiger partial charge on any atom is 0.108 e. The molecule has 1 aliphatic heterocycles. The van der Waals surface area contributed by atoms with Gasteiger partial charge in [0, 0.05) is 49.8 Å². The van der Waals surface area contributed by atoms with Gasteiger partial charge in [-0.3, -0.25) is 0 Å². The summed E-state index contributed by atoms with van der Waals surface area (Å²) >= 11 is 5.88. The molecule has 0 atom stereocenters. The molecule has 0 radical (unpaired) electrons. The summed E-state index contributed by atoms with van der Waals surface area (Å²) in [4.78, 5) is 5.58. The third-order valence-corrected chi connectivity index (χ3v) is 6.31. The van der Waals surface area contributed by atoms with E-state index in [1.165, 1.54) is 47.4 Å². The molecule has 0 amide bonds. The number of anilines is 2. The third-order valence-electron chi connectivity index (χ3n) is 5.96. The van der Waals surface area contributed by atoms with Crippen LogP contribution in [0, 0.1) is 0 Å². The Bertz CT molecular complexity index is 936. The van der Waals surface area contributed by atoms with Crippen molar-refractivity contribution < 1.29 is 0 Å². The van der Waals surface area contributed by atoms with Crippen molar-refractivity contribution in [2.24, 2.45) is 0 Å². The largest absolute Gasteiger partial charge is 0.378 e. The molecule has 3 nitrogen and oxygen atoms in total. The molecule has 1 N–H and O–H groups in total. The Morgan fingerprint density at radius 1 is 0.933 bits per heavy atom. The Morgan fingerprint density at radius 2 is 1.63 bits per heavy atom. The number of likely N-dealkylation sites (tertiary alicyclic amines) is 1. The summed E-state index contributed by atoms with van der Waals surface area (Å²) in [7, 11) is 4.16. The Kier molecular flexibility index (Phi) is 6.53. The van der Waals surface area contributed by atoms with Crippen molar-refractivity contribution in [3.63, 3.8) is 0 Å². The monoisotopic (exact) mass is 417 g/mol. The van der Waals surface area contributed by atoms with E-state index in [9.17, 15) is 0 Å². The Labute approximate surface area is 186 Å². The predicted octanol–water partition coefficient (Wildman–Crippen LogP) is 6.11. The fourth-order valence-corrected chi connectivity index (χ4v) is 4.68. The van der Waals surface area contributed by atoms with Crippen molar-refractivity contribution >= 4 is 34.7 Å². The number of thiocarbonyl (C=S) groups is 1. The highest BCUT2D eigenvalue weighted by Gasteiger charge is 2.28. The van der Waals surface area contributed by atoms with Crippen molar-refractivity contribution in [2.45, 2.75) is 32.1 Å². The Hall–Kier alpha value is -2.59.